The summed E-state index contributed by atoms with van der Waals surface area (Å²) in [6.45, 7) is 4.78. The molecule has 110 valence electrons. The van der Waals surface area contributed by atoms with E-state index in [2.05, 4.69) is 5.32 Å². The summed E-state index contributed by atoms with van der Waals surface area (Å²) in [7, 11) is 3.87. The minimum Gasteiger partial charge on any atom is -0.332 e. The molecule has 0 aliphatic rings. The number of nitrogens with one attached hydrogen (secondary N) is 1. The van der Waals surface area contributed by atoms with Gasteiger partial charge in [0.1, 0.15) is 0 Å². The Morgan fingerprint density at radius 3 is 2.35 bits per heavy atom. The molecule has 1 N–H and O–H groups in total. The van der Waals surface area contributed by atoms with Gasteiger partial charge in [-0.25, -0.2) is 0 Å². The average Bonchev–Trinajstić information content (AvgIpc) is 2.36. The second kappa shape index (κ2) is 7.65. The SMILES string of the molecule is CC(=O)N(CCN(C)C)CC(=O)Nc1ccccc1C. The highest BCUT2D eigenvalue weighted by atomic mass is 16.2. The highest BCUT2D eigenvalue weighted by Gasteiger charge is 2.14. The molecule has 5 nitrogen and oxygen atoms in total. The minimum atomic E-state index is -0.173. The highest BCUT2D eigenvalue weighted by molar-refractivity contribution is 5.94. The Morgan fingerprint density at radius 1 is 1.15 bits per heavy atom. The van der Waals surface area contributed by atoms with Crippen LogP contribution in [0.15, 0.2) is 24.3 Å². The molecule has 0 heterocycles. The van der Waals surface area contributed by atoms with Crippen molar-refractivity contribution in [3.8, 4) is 0 Å². The van der Waals surface area contributed by atoms with Crippen molar-refractivity contribution >= 4 is 17.5 Å². The standard InChI is InChI=1S/C15H23N3O2/c1-12-7-5-6-8-14(12)16-15(20)11-18(13(2)19)10-9-17(3)4/h5-8H,9-11H2,1-4H3,(H,16,20). The van der Waals surface area contributed by atoms with Crippen molar-refractivity contribution in [1.82, 2.24) is 9.80 Å². The maximum atomic E-state index is 12.0. The van der Waals surface area contributed by atoms with E-state index in [1.807, 2.05) is 50.2 Å². The summed E-state index contributed by atoms with van der Waals surface area (Å²) in [5.74, 6) is -0.264. The zero-order chi connectivity index (χ0) is 15.1. The average molecular weight is 277 g/mol. The Kier molecular flexibility index (Phi) is 6.18. The molecule has 5 heteroatoms. The lowest BCUT2D eigenvalue weighted by Gasteiger charge is -2.22. The van der Waals surface area contributed by atoms with Crippen LogP contribution in [0, 0.1) is 6.92 Å². The highest BCUT2D eigenvalue weighted by Crippen LogP contribution is 2.12. The van der Waals surface area contributed by atoms with Gasteiger partial charge >= 0.3 is 0 Å². The fraction of sp³-hybridized carbons (Fsp3) is 0.467. The molecule has 0 bridgehead atoms. The predicted molar refractivity (Wildman–Crippen MR) is 80.6 cm³/mol. The number of benzene rings is 1. The van der Waals surface area contributed by atoms with Gasteiger partial charge in [0, 0.05) is 25.7 Å². The van der Waals surface area contributed by atoms with Crippen LogP contribution in [0.1, 0.15) is 12.5 Å². The number of hydrogen-bond donors (Lipinski definition) is 1. The first-order valence-electron chi connectivity index (χ1n) is 6.66. The lowest BCUT2D eigenvalue weighted by atomic mass is 10.2. The van der Waals surface area contributed by atoms with Crippen molar-refractivity contribution in [1.29, 1.82) is 0 Å². The molecule has 0 unspecified atom stereocenters. The molecule has 0 aliphatic carbocycles. The molecule has 20 heavy (non-hydrogen) atoms. The topological polar surface area (TPSA) is 52.7 Å². The van der Waals surface area contributed by atoms with E-state index in [0.717, 1.165) is 17.8 Å². The molecular weight excluding hydrogens is 254 g/mol. The van der Waals surface area contributed by atoms with Crippen molar-refractivity contribution in [2.75, 3.05) is 39.0 Å². The fourth-order valence-corrected chi connectivity index (χ4v) is 1.74. The zero-order valence-electron chi connectivity index (χ0n) is 12.6. The van der Waals surface area contributed by atoms with E-state index >= 15 is 0 Å². The summed E-state index contributed by atoms with van der Waals surface area (Å²) in [5.41, 5.74) is 1.79. The smallest absolute Gasteiger partial charge is 0.244 e. The van der Waals surface area contributed by atoms with Crippen LogP contribution in [-0.2, 0) is 9.59 Å². The van der Waals surface area contributed by atoms with Gasteiger partial charge in [0.05, 0.1) is 6.54 Å². The van der Waals surface area contributed by atoms with Gasteiger partial charge in [-0.05, 0) is 32.6 Å². The van der Waals surface area contributed by atoms with Gasteiger partial charge in [-0.15, -0.1) is 0 Å². The molecule has 0 aromatic heterocycles. The van der Waals surface area contributed by atoms with Crippen LogP contribution in [-0.4, -0.2) is 55.3 Å². The van der Waals surface area contributed by atoms with E-state index in [1.165, 1.54) is 6.92 Å². The molecule has 1 aromatic carbocycles. The molecule has 0 radical (unpaired) electrons. The van der Waals surface area contributed by atoms with Crippen LogP contribution in [0.3, 0.4) is 0 Å². The van der Waals surface area contributed by atoms with Crippen LogP contribution in [0.25, 0.3) is 0 Å². The fourth-order valence-electron chi connectivity index (χ4n) is 1.74. The molecule has 0 saturated carbocycles. The Bertz CT molecular complexity index is 472. The number of carbonyl (C=O) groups is 2. The largest absolute Gasteiger partial charge is 0.332 e. The van der Waals surface area contributed by atoms with Gasteiger partial charge in [-0.1, -0.05) is 18.2 Å². The van der Waals surface area contributed by atoms with Crippen molar-refractivity contribution in [2.24, 2.45) is 0 Å². The number of likely N-dealkylation sites (N-methyl/N-ethyl adjacent to an activating group) is 1. The van der Waals surface area contributed by atoms with Crippen LogP contribution in [0.4, 0.5) is 5.69 Å². The van der Waals surface area contributed by atoms with Crippen molar-refractivity contribution in [3.63, 3.8) is 0 Å². The van der Waals surface area contributed by atoms with Crippen LogP contribution < -0.4 is 5.32 Å². The van der Waals surface area contributed by atoms with Crippen molar-refractivity contribution in [2.45, 2.75) is 13.8 Å². The molecule has 0 atom stereocenters. The third-order valence-electron chi connectivity index (χ3n) is 3.02. The zero-order valence-corrected chi connectivity index (χ0v) is 12.6. The Hall–Kier alpha value is -1.88. The lowest BCUT2D eigenvalue weighted by molar-refractivity contribution is -0.132. The Balaban J connectivity index is 2.58. The van der Waals surface area contributed by atoms with E-state index in [4.69, 9.17) is 0 Å². The quantitative estimate of drug-likeness (QED) is 0.854. The van der Waals surface area contributed by atoms with Gasteiger partial charge in [0.15, 0.2) is 0 Å². The number of carbonyl (C=O) groups excluding carboxylic acids is 2. The lowest BCUT2D eigenvalue weighted by Crippen LogP contribution is -2.40. The summed E-state index contributed by atoms with van der Waals surface area (Å²) in [6, 6.07) is 7.58. The molecule has 0 aliphatic heterocycles. The number of aryl methyl sites for hydroxylation is 1. The first-order valence-corrected chi connectivity index (χ1v) is 6.66. The first kappa shape index (κ1) is 16.2. The Morgan fingerprint density at radius 2 is 1.80 bits per heavy atom. The van der Waals surface area contributed by atoms with E-state index in [1.54, 1.807) is 4.90 Å². The van der Waals surface area contributed by atoms with Crippen LogP contribution in [0.2, 0.25) is 0 Å². The number of amides is 2. The maximum absolute atomic E-state index is 12.0. The Labute approximate surface area is 120 Å². The third-order valence-corrected chi connectivity index (χ3v) is 3.02. The normalized spacial score (nSPS) is 10.4. The van der Waals surface area contributed by atoms with Crippen molar-refractivity contribution < 1.29 is 9.59 Å². The summed E-state index contributed by atoms with van der Waals surface area (Å²) in [4.78, 5) is 27.1. The summed E-state index contributed by atoms with van der Waals surface area (Å²) in [6.07, 6.45) is 0. The molecule has 2 amide bonds. The number of rotatable bonds is 6. The van der Waals surface area contributed by atoms with Gasteiger partial charge in [-0.3, -0.25) is 9.59 Å². The number of para-hydroxylation sites is 1. The minimum absolute atomic E-state index is 0.0809. The second-order valence-corrected chi connectivity index (χ2v) is 5.11. The van der Waals surface area contributed by atoms with Crippen LogP contribution >= 0.6 is 0 Å². The van der Waals surface area contributed by atoms with Gasteiger partial charge in [0.25, 0.3) is 0 Å². The first-order chi connectivity index (χ1) is 9.40. The monoisotopic (exact) mass is 277 g/mol. The van der Waals surface area contributed by atoms with Gasteiger partial charge in [-0.2, -0.15) is 0 Å². The van der Waals surface area contributed by atoms with E-state index < -0.39 is 0 Å². The summed E-state index contributed by atoms with van der Waals surface area (Å²) in [5, 5.41) is 2.84. The van der Waals surface area contributed by atoms with Gasteiger partial charge < -0.3 is 15.1 Å². The molecule has 1 rings (SSSR count). The maximum Gasteiger partial charge on any atom is 0.244 e. The summed E-state index contributed by atoms with van der Waals surface area (Å²) >= 11 is 0. The number of hydrogen-bond acceptors (Lipinski definition) is 3. The van der Waals surface area contributed by atoms with Gasteiger partial charge in [0.2, 0.25) is 11.8 Å². The second-order valence-electron chi connectivity index (χ2n) is 5.11. The van der Waals surface area contributed by atoms with E-state index in [9.17, 15) is 9.59 Å². The molecule has 1 aromatic rings. The molecular formula is C15H23N3O2. The van der Waals surface area contributed by atoms with E-state index in [-0.39, 0.29) is 18.4 Å². The molecule has 0 saturated heterocycles. The molecule has 0 spiro atoms. The number of anilines is 1. The molecule has 0 fully saturated rings. The van der Waals surface area contributed by atoms with Crippen LogP contribution in [0.5, 0.6) is 0 Å². The van der Waals surface area contributed by atoms with Crippen molar-refractivity contribution in [3.05, 3.63) is 29.8 Å². The number of nitrogens with zero attached hydrogens (tertiary/aromatic N) is 2. The summed E-state index contributed by atoms with van der Waals surface area (Å²) < 4.78 is 0. The third kappa shape index (κ3) is 5.40. The predicted octanol–water partition coefficient (Wildman–Crippen LogP) is 1.34. The van der Waals surface area contributed by atoms with E-state index in [0.29, 0.717) is 6.54 Å².